The Kier molecular flexibility index (Phi) is 6.02. The third kappa shape index (κ3) is 4.28. The first-order valence-electron chi connectivity index (χ1n) is 8.79. The Morgan fingerprint density at radius 1 is 1.17 bits per heavy atom. The van der Waals surface area contributed by atoms with Crippen LogP contribution in [0.1, 0.15) is 58.3 Å². The molecular weight excluding hydrogens is 421 g/mol. The molecule has 1 amide bonds. The number of thiophene rings is 1. The zero-order valence-electron chi connectivity index (χ0n) is 13.7. The maximum absolute atomic E-state index is 13.3. The highest BCUT2D eigenvalue weighted by atomic mass is 127. The van der Waals surface area contributed by atoms with E-state index < -0.39 is 0 Å². The summed E-state index contributed by atoms with van der Waals surface area (Å²) in [6, 6.07) is 2.40. The predicted octanol–water partition coefficient (Wildman–Crippen LogP) is 4.82. The van der Waals surface area contributed by atoms with Gasteiger partial charge in [0.1, 0.15) is 0 Å². The molecule has 1 heterocycles. The largest absolute Gasteiger partial charge is 0.393 e. The van der Waals surface area contributed by atoms with Crippen molar-refractivity contribution in [2.24, 2.45) is 11.8 Å². The lowest BCUT2D eigenvalue weighted by Gasteiger charge is -2.38. The van der Waals surface area contributed by atoms with Gasteiger partial charge in [-0.3, -0.25) is 4.79 Å². The average molecular weight is 447 g/mol. The third-order valence-electron chi connectivity index (χ3n) is 5.47. The van der Waals surface area contributed by atoms with Crippen LogP contribution in [-0.2, 0) is 4.79 Å². The number of carbonyl (C=O) groups is 1. The molecule has 2 aliphatic rings. The van der Waals surface area contributed by atoms with E-state index in [1.807, 2.05) is 0 Å². The first-order valence-corrected chi connectivity index (χ1v) is 10.8. The second-order valence-electron chi connectivity index (χ2n) is 7.24. The molecule has 0 aromatic carbocycles. The van der Waals surface area contributed by atoms with E-state index in [1.165, 1.54) is 15.7 Å². The Balaban J connectivity index is 1.78. The third-order valence-corrected chi connectivity index (χ3v) is 7.24. The number of nitrogens with zero attached hydrogens (tertiary/aromatic N) is 1. The van der Waals surface area contributed by atoms with Gasteiger partial charge in [0, 0.05) is 17.3 Å². The van der Waals surface area contributed by atoms with E-state index in [2.05, 4.69) is 45.9 Å². The van der Waals surface area contributed by atoms with Gasteiger partial charge in [-0.1, -0.05) is 6.92 Å². The van der Waals surface area contributed by atoms with Crippen LogP contribution in [0.3, 0.4) is 0 Å². The summed E-state index contributed by atoms with van der Waals surface area (Å²) in [5, 5.41) is 11.9. The molecule has 5 heteroatoms. The lowest BCUT2D eigenvalue weighted by molar-refractivity contribution is -0.124. The van der Waals surface area contributed by atoms with Gasteiger partial charge in [0.2, 0.25) is 5.91 Å². The van der Waals surface area contributed by atoms with Crippen LogP contribution in [0.25, 0.3) is 0 Å². The van der Waals surface area contributed by atoms with Crippen LogP contribution in [0.5, 0.6) is 0 Å². The normalized spacial score (nSPS) is 31.8. The summed E-state index contributed by atoms with van der Waals surface area (Å²) in [6.45, 7) is 2.29. The van der Waals surface area contributed by atoms with Crippen molar-refractivity contribution in [1.82, 2.24) is 0 Å². The minimum atomic E-state index is -0.179. The summed E-state index contributed by atoms with van der Waals surface area (Å²) in [4.78, 5) is 15.3. The van der Waals surface area contributed by atoms with Gasteiger partial charge in [0.25, 0.3) is 0 Å². The van der Waals surface area contributed by atoms with Crippen molar-refractivity contribution in [1.29, 1.82) is 0 Å². The van der Waals surface area contributed by atoms with Crippen LogP contribution >= 0.6 is 33.9 Å². The van der Waals surface area contributed by atoms with Crippen molar-refractivity contribution in [2.45, 2.75) is 70.4 Å². The highest BCUT2D eigenvalue weighted by molar-refractivity contribution is 14.1. The molecule has 0 saturated heterocycles. The maximum atomic E-state index is 13.3. The second-order valence-corrected chi connectivity index (χ2v) is 10.0. The monoisotopic (exact) mass is 447 g/mol. The first-order chi connectivity index (χ1) is 11.0. The smallest absolute Gasteiger partial charge is 0.230 e. The van der Waals surface area contributed by atoms with Gasteiger partial charge in [-0.05, 0) is 85.9 Å². The first kappa shape index (κ1) is 17.7. The zero-order chi connectivity index (χ0) is 16.4. The summed E-state index contributed by atoms with van der Waals surface area (Å²) in [6.07, 6.45) is 7.71. The Bertz CT molecular complexity index is 531. The molecule has 2 aliphatic carbocycles. The lowest BCUT2D eigenvalue weighted by Crippen LogP contribution is -2.46. The number of carbonyl (C=O) groups excluding carboxylic acids is 1. The van der Waals surface area contributed by atoms with Crippen LogP contribution < -0.4 is 4.90 Å². The molecule has 1 N–H and O–H groups in total. The Hall–Kier alpha value is -0.140. The van der Waals surface area contributed by atoms with Crippen LogP contribution in [-0.4, -0.2) is 23.2 Å². The molecule has 0 bridgehead atoms. The number of anilines is 1. The molecule has 2 fully saturated rings. The van der Waals surface area contributed by atoms with Crippen molar-refractivity contribution in [3.8, 4) is 0 Å². The average Bonchev–Trinajstić information content (AvgIpc) is 2.96. The number of aliphatic hydroxyl groups is 1. The second kappa shape index (κ2) is 7.83. The van der Waals surface area contributed by atoms with Gasteiger partial charge in [0.05, 0.1) is 14.7 Å². The van der Waals surface area contributed by atoms with E-state index in [9.17, 15) is 9.90 Å². The van der Waals surface area contributed by atoms with Crippen LogP contribution in [0.2, 0.25) is 0 Å². The molecule has 23 heavy (non-hydrogen) atoms. The number of amides is 1. The number of rotatable bonds is 3. The van der Waals surface area contributed by atoms with Gasteiger partial charge in [0.15, 0.2) is 0 Å². The van der Waals surface area contributed by atoms with E-state index >= 15 is 0 Å². The molecule has 0 aliphatic heterocycles. The summed E-state index contributed by atoms with van der Waals surface area (Å²) in [7, 11) is 0. The molecule has 3 rings (SSSR count). The van der Waals surface area contributed by atoms with Crippen LogP contribution in [0.4, 0.5) is 5.69 Å². The van der Waals surface area contributed by atoms with Crippen molar-refractivity contribution in [3.05, 3.63) is 14.3 Å². The summed E-state index contributed by atoms with van der Waals surface area (Å²) >= 11 is 4.03. The van der Waals surface area contributed by atoms with E-state index in [4.69, 9.17) is 0 Å². The summed E-state index contributed by atoms with van der Waals surface area (Å²) in [5.41, 5.74) is 1.07. The Morgan fingerprint density at radius 2 is 1.83 bits per heavy atom. The predicted molar refractivity (Wildman–Crippen MR) is 104 cm³/mol. The molecule has 2 saturated carbocycles. The molecule has 0 radical (unpaired) electrons. The lowest BCUT2D eigenvalue weighted by atomic mass is 9.81. The highest BCUT2D eigenvalue weighted by Crippen LogP contribution is 2.36. The number of hydrogen-bond acceptors (Lipinski definition) is 3. The molecular formula is C18H26INO2S. The standard InChI is InChI=1S/C18H26INO2S/c1-12-2-4-13(5-3-12)18(22)20(15-10-17(19)23-11-15)14-6-8-16(21)9-7-14/h10-14,16,21H,2-9H2,1H3. The molecule has 128 valence electrons. The number of halogens is 1. The van der Waals surface area contributed by atoms with Crippen molar-refractivity contribution >= 4 is 45.5 Å². The van der Waals surface area contributed by atoms with Crippen molar-refractivity contribution < 1.29 is 9.90 Å². The topological polar surface area (TPSA) is 40.5 Å². The molecule has 0 atom stereocenters. The van der Waals surface area contributed by atoms with Gasteiger partial charge < -0.3 is 10.0 Å². The summed E-state index contributed by atoms with van der Waals surface area (Å²) < 4.78 is 1.23. The van der Waals surface area contributed by atoms with E-state index in [0.29, 0.717) is 5.91 Å². The van der Waals surface area contributed by atoms with Gasteiger partial charge in [-0.2, -0.15) is 0 Å². The fourth-order valence-corrected chi connectivity index (χ4v) is 5.27. The molecule has 1 aromatic heterocycles. The fraction of sp³-hybridized carbons (Fsp3) is 0.722. The van der Waals surface area contributed by atoms with Gasteiger partial charge >= 0.3 is 0 Å². The minimum absolute atomic E-state index is 0.179. The van der Waals surface area contributed by atoms with Crippen molar-refractivity contribution in [2.75, 3.05) is 4.90 Å². The Labute approximate surface area is 156 Å². The van der Waals surface area contributed by atoms with Crippen LogP contribution in [0.15, 0.2) is 11.4 Å². The number of hydrogen-bond donors (Lipinski definition) is 1. The minimum Gasteiger partial charge on any atom is -0.393 e. The SMILES string of the molecule is CC1CCC(C(=O)N(c2csc(I)c2)C2CCC(O)CC2)CC1. The van der Waals surface area contributed by atoms with E-state index in [1.54, 1.807) is 11.3 Å². The zero-order valence-corrected chi connectivity index (χ0v) is 16.7. The van der Waals surface area contributed by atoms with E-state index in [0.717, 1.165) is 50.1 Å². The molecule has 0 spiro atoms. The quantitative estimate of drug-likeness (QED) is 0.676. The molecule has 1 aromatic rings. The Morgan fingerprint density at radius 3 is 2.39 bits per heavy atom. The van der Waals surface area contributed by atoms with E-state index in [-0.39, 0.29) is 18.1 Å². The molecule has 0 unspecified atom stereocenters. The van der Waals surface area contributed by atoms with Crippen molar-refractivity contribution in [3.63, 3.8) is 0 Å². The van der Waals surface area contributed by atoms with Gasteiger partial charge in [-0.15, -0.1) is 11.3 Å². The number of aliphatic hydroxyl groups excluding tert-OH is 1. The van der Waals surface area contributed by atoms with Gasteiger partial charge in [-0.25, -0.2) is 0 Å². The highest BCUT2D eigenvalue weighted by Gasteiger charge is 2.34. The fourth-order valence-electron chi connectivity index (χ4n) is 3.97. The summed E-state index contributed by atoms with van der Waals surface area (Å²) in [5.74, 6) is 1.28. The van der Waals surface area contributed by atoms with Crippen LogP contribution in [0, 0.1) is 14.7 Å². The maximum Gasteiger partial charge on any atom is 0.230 e. The molecule has 3 nitrogen and oxygen atoms in total.